The van der Waals surface area contributed by atoms with E-state index in [0.717, 1.165) is 22.9 Å². The molecule has 1 aliphatic heterocycles. The zero-order valence-electron chi connectivity index (χ0n) is 12.8. The highest BCUT2D eigenvalue weighted by Gasteiger charge is 2.28. The van der Waals surface area contributed by atoms with E-state index >= 15 is 0 Å². The summed E-state index contributed by atoms with van der Waals surface area (Å²) in [5.74, 6) is 4.03. The Morgan fingerprint density at radius 2 is 2.24 bits per heavy atom. The van der Waals surface area contributed by atoms with Gasteiger partial charge in [-0.05, 0) is 36.6 Å². The van der Waals surface area contributed by atoms with E-state index in [9.17, 15) is 0 Å². The smallest absolute Gasteiger partial charge is 0.181 e. The third-order valence-corrected chi connectivity index (χ3v) is 5.32. The first-order chi connectivity index (χ1) is 10.0. The lowest BCUT2D eigenvalue weighted by Gasteiger charge is -2.35. The Morgan fingerprint density at radius 3 is 2.95 bits per heavy atom. The number of rotatable bonds is 3. The van der Waals surface area contributed by atoms with Gasteiger partial charge in [-0.25, -0.2) is 4.98 Å². The lowest BCUT2D eigenvalue weighted by Crippen LogP contribution is -2.35. The molecule has 0 amide bonds. The number of nitrogens with one attached hydrogen (secondary N) is 2. The van der Waals surface area contributed by atoms with E-state index in [-0.39, 0.29) is 0 Å². The Morgan fingerprint density at radius 1 is 1.38 bits per heavy atom. The second kappa shape index (κ2) is 5.72. The van der Waals surface area contributed by atoms with E-state index in [1.54, 1.807) is 0 Å². The average Bonchev–Trinajstić information content (AvgIpc) is 2.85. The van der Waals surface area contributed by atoms with Crippen LogP contribution in [0, 0.1) is 12.3 Å². The van der Waals surface area contributed by atoms with Gasteiger partial charge in [-0.1, -0.05) is 26.0 Å². The van der Waals surface area contributed by atoms with Gasteiger partial charge in [0.05, 0.1) is 0 Å². The minimum atomic E-state index is 0.416. The molecule has 0 radical (unpaired) electrons. The van der Waals surface area contributed by atoms with Crippen molar-refractivity contribution < 1.29 is 0 Å². The number of anilines is 1. The van der Waals surface area contributed by atoms with Gasteiger partial charge in [-0.15, -0.1) is 0 Å². The monoisotopic (exact) mass is 302 g/mol. The largest absolute Gasteiger partial charge is 0.381 e. The van der Waals surface area contributed by atoms with Crippen LogP contribution in [-0.4, -0.2) is 32.7 Å². The van der Waals surface area contributed by atoms with Crippen molar-refractivity contribution in [3.8, 4) is 11.4 Å². The maximum Gasteiger partial charge on any atom is 0.181 e. The number of aryl methyl sites for hydroxylation is 1. The third-order valence-electron chi connectivity index (χ3n) is 3.70. The predicted molar refractivity (Wildman–Crippen MR) is 89.7 cm³/mol. The van der Waals surface area contributed by atoms with Gasteiger partial charge in [0.1, 0.15) is 5.82 Å². The van der Waals surface area contributed by atoms with E-state index in [0.29, 0.717) is 11.5 Å². The zero-order chi connectivity index (χ0) is 14.9. The summed E-state index contributed by atoms with van der Waals surface area (Å²) in [5, 5.41) is 10.8. The molecule has 0 saturated carbocycles. The first-order valence-corrected chi connectivity index (χ1v) is 8.51. The van der Waals surface area contributed by atoms with Crippen LogP contribution in [-0.2, 0) is 0 Å². The van der Waals surface area contributed by atoms with Gasteiger partial charge in [0.2, 0.25) is 0 Å². The quantitative estimate of drug-likeness (QED) is 0.907. The summed E-state index contributed by atoms with van der Waals surface area (Å²) in [7, 11) is 0. The Balaban J connectivity index is 1.74. The number of benzene rings is 1. The second-order valence-electron chi connectivity index (χ2n) is 6.55. The first kappa shape index (κ1) is 14.4. The molecular formula is C16H22N4S. The van der Waals surface area contributed by atoms with Crippen LogP contribution in [0.5, 0.6) is 0 Å². The van der Waals surface area contributed by atoms with Gasteiger partial charge in [0, 0.05) is 23.0 Å². The van der Waals surface area contributed by atoms with Crippen LogP contribution >= 0.6 is 11.8 Å². The summed E-state index contributed by atoms with van der Waals surface area (Å²) >= 11 is 2.04. The van der Waals surface area contributed by atoms with Crippen molar-refractivity contribution in [1.29, 1.82) is 0 Å². The summed E-state index contributed by atoms with van der Waals surface area (Å²) < 4.78 is 0. The molecule has 0 aliphatic carbocycles. The number of hydrogen-bond donors (Lipinski definition) is 2. The molecule has 4 nitrogen and oxygen atoms in total. The number of aromatic amines is 1. The standard InChI is InChI=1S/C16H22N4S/c1-11-17-15(20-19-11)12-5-4-6-13(7-12)18-14-8-16(2,3)10-21-9-14/h4-7,14,18H,8-10H2,1-3H3,(H,17,19,20). The van der Waals surface area contributed by atoms with E-state index in [1.165, 1.54) is 17.9 Å². The van der Waals surface area contributed by atoms with Gasteiger partial charge in [0.15, 0.2) is 5.82 Å². The molecule has 0 bridgehead atoms. The van der Waals surface area contributed by atoms with Gasteiger partial charge in [-0.2, -0.15) is 16.9 Å². The topological polar surface area (TPSA) is 53.6 Å². The Kier molecular flexibility index (Phi) is 3.93. The maximum absolute atomic E-state index is 4.39. The van der Waals surface area contributed by atoms with Crippen LogP contribution in [0.15, 0.2) is 24.3 Å². The van der Waals surface area contributed by atoms with Crippen molar-refractivity contribution in [3.63, 3.8) is 0 Å². The van der Waals surface area contributed by atoms with E-state index in [4.69, 9.17) is 0 Å². The molecule has 0 spiro atoms. The summed E-state index contributed by atoms with van der Waals surface area (Å²) in [6.45, 7) is 6.61. The van der Waals surface area contributed by atoms with Crippen LogP contribution < -0.4 is 5.32 Å². The van der Waals surface area contributed by atoms with Crippen molar-refractivity contribution >= 4 is 17.4 Å². The summed E-state index contributed by atoms with van der Waals surface area (Å²) in [4.78, 5) is 4.39. The number of aromatic nitrogens is 3. The molecule has 1 fully saturated rings. The fourth-order valence-electron chi connectivity index (χ4n) is 2.81. The number of nitrogens with zero attached hydrogens (tertiary/aromatic N) is 2. The van der Waals surface area contributed by atoms with Gasteiger partial charge < -0.3 is 5.32 Å². The molecule has 2 N–H and O–H groups in total. The molecule has 3 rings (SSSR count). The fourth-order valence-corrected chi connectivity index (χ4v) is 4.08. The van der Waals surface area contributed by atoms with Gasteiger partial charge in [-0.3, -0.25) is 5.10 Å². The summed E-state index contributed by atoms with van der Waals surface area (Å²) in [6, 6.07) is 8.89. The molecule has 1 aliphatic rings. The minimum Gasteiger partial charge on any atom is -0.381 e. The molecular weight excluding hydrogens is 280 g/mol. The number of hydrogen-bond acceptors (Lipinski definition) is 4. The Bertz CT molecular complexity index is 620. The molecule has 1 atom stereocenters. The highest BCUT2D eigenvalue weighted by atomic mass is 32.2. The third kappa shape index (κ3) is 3.59. The lowest BCUT2D eigenvalue weighted by molar-refractivity contribution is 0.358. The van der Waals surface area contributed by atoms with Crippen LogP contribution in [0.2, 0.25) is 0 Å². The molecule has 21 heavy (non-hydrogen) atoms. The van der Waals surface area contributed by atoms with Gasteiger partial charge >= 0.3 is 0 Å². The lowest BCUT2D eigenvalue weighted by atomic mass is 9.88. The highest BCUT2D eigenvalue weighted by Crippen LogP contribution is 2.35. The molecule has 2 heterocycles. The molecule has 1 aromatic carbocycles. The highest BCUT2D eigenvalue weighted by molar-refractivity contribution is 7.99. The van der Waals surface area contributed by atoms with E-state index < -0.39 is 0 Å². The Labute approximate surface area is 130 Å². The number of thioether (sulfide) groups is 1. The van der Waals surface area contributed by atoms with Crippen molar-refractivity contribution in [3.05, 3.63) is 30.1 Å². The van der Waals surface area contributed by atoms with Crippen LogP contribution in [0.3, 0.4) is 0 Å². The first-order valence-electron chi connectivity index (χ1n) is 7.36. The molecule has 1 unspecified atom stereocenters. The summed E-state index contributed by atoms with van der Waals surface area (Å²) in [5.41, 5.74) is 2.62. The molecule has 112 valence electrons. The second-order valence-corrected chi connectivity index (χ2v) is 7.58. The normalized spacial score (nSPS) is 21.2. The van der Waals surface area contributed by atoms with Gasteiger partial charge in [0.25, 0.3) is 0 Å². The van der Waals surface area contributed by atoms with E-state index in [1.807, 2.05) is 24.8 Å². The van der Waals surface area contributed by atoms with Crippen molar-refractivity contribution in [1.82, 2.24) is 15.2 Å². The maximum atomic E-state index is 4.39. The fraction of sp³-hybridized carbons (Fsp3) is 0.500. The average molecular weight is 302 g/mol. The summed E-state index contributed by atoms with van der Waals surface area (Å²) in [6.07, 6.45) is 1.21. The van der Waals surface area contributed by atoms with Crippen molar-refractivity contribution in [2.24, 2.45) is 5.41 Å². The zero-order valence-corrected chi connectivity index (χ0v) is 13.6. The molecule has 5 heteroatoms. The van der Waals surface area contributed by atoms with Crippen LogP contribution in [0.1, 0.15) is 26.1 Å². The molecule has 2 aromatic rings. The van der Waals surface area contributed by atoms with Crippen LogP contribution in [0.4, 0.5) is 5.69 Å². The number of H-pyrrole nitrogens is 1. The Hall–Kier alpha value is -1.49. The SMILES string of the molecule is Cc1nc(-c2cccc(NC3CSCC(C)(C)C3)c2)n[nH]1. The van der Waals surface area contributed by atoms with Crippen LogP contribution in [0.25, 0.3) is 11.4 Å². The minimum absolute atomic E-state index is 0.416. The van der Waals surface area contributed by atoms with Crippen molar-refractivity contribution in [2.45, 2.75) is 33.2 Å². The van der Waals surface area contributed by atoms with Crippen molar-refractivity contribution in [2.75, 3.05) is 16.8 Å². The predicted octanol–water partition coefficient (Wildman–Crippen LogP) is 3.72. The molecule has 1 saturated heterocycles. The van der Waals surface area contributed by atoms with E-state index in [2.05, 4.69) is 52.5 Å². The molecule has 1 aromatic heterocycles.